The molecule has 1 heterocycles. The van der Waals surface area contributed by atoms with E-state index in [2.05, 4.69) is 34.6 Å². The fourth-order valence-electron chi connectivity index (χ4n) is 3.56. The summed E-state index contributed by atoms with van der Waals surface area (Å²) in [7, 11) is 0. The number of hydrogen-bond acceptors (Lipinski definition) is 4. The second-order valence-corrected chi connectivity index (χ2v) is 6.62. The third-order valence-electron chi connectivity index (χ3n) is 4.82. The summed E-state index contributed by atoms with van der Waals surface area (Å²) in [5.41, 5.74) is 11.4. The summed E-state index contributed by atoms with van der Waals surface area (Å²) in [5, 5.41) is 2.74. The first-order valence-corrected chi connectivity index (χ1v) is 9.19. The van der Waals surface area contributed by atoms with Crippen molar-refractivity contribution in [3.8, 4) is 11.1 Å². The van der Waals surface area contributed by atoms with E-state index in [1.54, 1.807) is 12.3 Å². The third kappa shape index (κ3) is 3.74. The number of alkyl carbamates (subject to hydrolysis) is 1. The smallest absolute Gasteiger partial charge is 0.407 e. The van der Waals surface area contributed by atoms with Crippen LogP contribution in [-0.2, 0) is 4.74 Å². The molecule has 0 aliphatic heterocycles. The third-order valence-corrected chi connectivity index (χ3v) is 4.82. The Morgan fingerprint density at radius 2 is 1.75 bits per heavy atom. The molecular formula is C23H21N3O2. The van der Waals surface area contributed by atoms with Gasteiger partial charge in [0.1, 0.15) is 12.4 Å². The number of nitrogens with two attached hydrogens (primary N) is 1. The fraction of sp³-hybridized carbons (Fsp3) is 0.130. The number of aromatic nitrogens is 1. The van der Waals surface area contributed by atoms with Crippen LogP contribution in [0.2, 0.25) is 0 Å². The monoisotopic (exact) mass is 371 g/mol. The highest BCUT2D eigenvalue weighted by Gasteiger charge is 2.28. The van der Waals surface area contributed by atoms with Crippen molar-refractivity contribution >= 4 is 18.0 Å². The Hall–Kier alpha value is -3.60. The molecule has 1 aliphatic carbocycles. The van der Waals surface area contributed by atoms with Crippen molar-refractivity contribution < 1.29 is 9.53 Å². The summed E-state index contributed by atoms with van der Waals surface area (Å²) in [6.45, 7) is 0.684. The summed E-state index contributed by atoms with van der Waals surface area (Å²) < 4.78 is 5.50. The summed E-state index contributed by atoms with van der Waals surface area (Å²) in [5.74, 6) is 0.528. The molecule has 3 aromatic rings. The normalized spacial score (nSPS) is 12.6. The quantitative estimate of drug-likeness (QED) is 0.704. The number of nitrogens with zero attached hydrogens (tertiary/aromatic N) is 1. The number of anilines is 1. The fourth-order valence-corrected chi connectivity index (χ4v) is 3.56. The van der Waals surface area contributed by atoms with Gasteiger partial charge in [-0.25, -0.2) is 9.78 Å². The number of carbonyl (C=O) groups excluding carboxylic acids is 1. The number of pyridine rings is 1. The van der Waals surface area contributed by atoms with Crippen molar-refractivity contribution in [2.75, 3.05) is 18.9 Å². The van der Waals surface area contributed by atoms with Gasteiger partial charge in [-0.05, 0) is 39.9 Å². The zero-order chi connectivity index (χ0) is 19.3. The number of nitrogen functional groups attached to an aromatic ring is 1. The summed E-state index contributed by atoms with van der Waals surface area (Å²) >= 11 is 0. The number of amides is 1. The number of hydrogen-bond donors (Lipinski definition) is 2. The molecule has 4 rings (SSSR count). The SMILES string of the molecule is Nc1cc(C=CCNC(=O)OCC2c3ccccc3-c3ccccc32)ccn1. The molecule has 1 amide bonds. The van der Waals surface area contributed by atoms with Gasteiger partial charge in [0.2, 0.25) is 0 Å². The maximum absolute atomic E-state index is 12.1. The van der Waals surface area contributed by atoms with Crippen molar-refractivity contribution in [2.45, 2.75) is 5.92 Å². The van der Waals surface area contributed by atoms with Crippen LogP contribution < -0.4 is 11.1 Å². The summed E-state index contributed by atoms with van der Waals surface area (Å²) in [4.78, 5) is 16.0. The van der Waals surface area contributed by atoms with Gasteiger partial charge in [-0.1, -0.05) is 60.7 Å². The molecule has 0 radical (unpaired) electrons. The van der Waals surface area contributed by atoms with Gasteiger partial charge in [0.05, 0.1) is 0 Å². The molecule has 0 spiro atoms. The van der Waals surface area contributed by atoms with Crippen molar-refractivity contribution in [3.63, 3.8) is 0 Å². The van der Waals surface area contributed by atoms with Crippen LogP contribution in [0.5, 0.6) is 0 Å². The van der Waals surface area contributed by atoms with Crippen LogP contribution in [0.3, 0.4) is 0 Å². The van der Waals surface area contributed by atoms with Gasteiger partial charge in [0.25, 0.3) is 0 Å². The van der Waals surface area contributed by atoms with E-state index in [0.717, 1.165) is 5.56 Å². The lowest BCUT2D eigenvalue weighted by Gasteiger charge is -2.14. The van der Waals surface area contributed by atoms with Crippen LogP contribution in [0, 0.1) is 0 Å². The Kier molecular flexibility index (Phi) is 5.06. The number of benzene rings is 2. The highest BCUT2D eigenvalue weighted by molar-refractivity contribution is 5.79. The Labute approximate surface area is 163 Å². The predicted molar refractivity (Wildman–Crippen MR) is 111 cm³/mol. The van der Waals surface area contributed by atoms with Gasteiger partial charge in [0, 0.05) is 18.7 Å². The molecule has 28 heavy (non-hydrogen) atoms. The molecule has 0 atom stereocenters. The molecule has 0 fully saturated rings. The number of rotatable bonds is 5. The van der Waals surface area contributed by atoms with Crippen LogP contribution in [-0.4, -0.2) is 24.2 Å². The first-order valence-electron chi connectivity index (χ1n) is 9.19. The zero-order valence-corrected chi connectivity index (χ0v) is 15.3. The first kappa shape index (κ1) is 17.8. The molecule has 0 saturated carbocycles. The van der Waals surface area contributed by atoms with Gasteiger partial charge in [-0.15, -0.1) is 0 Å². The van der Waals surface area contributed by atoms with E-state index in [1.165, 1.54) is 22.3 Å². The minimum atomic E-state index is -0.430. The van der Waals surface area contributed by atoms with E-state index in [-0.39, 0.29) is 5.92 Å². The van der Waals surface area contributed by atoms with E-state index >= 15 is 0 Å². The van der Waals surface area contributed by atoms with E-state index in [1.807, 2.05) is 42.5 Å². The largest absolute Gasteiger partial charge is 0.449 e. The van der Waals surface area contributed by atoms with Crippen molar-refractivity contribution in [1.82, 2.24) is 10.3 Å². The van der Waals surface area contributed by atoms with Gasteiger partial charge < -0.3 is 15.8 Å². The topological polar surface area (TPSA) is 77.2 Å². The van der Waals surface area contributed by atoms with Crippen molar-refractivity contribution in [1.29, 1.82) is 0 Å². The Bertz CT molecular complexity index is 984. The average molecular weight is 371 g/mol. The maximum Gasteiger partial charge on any atom is 0.407 e. The zero-order valence-electron chi connectivity index (χ0n) is 15.3. The van der Waals surface area contributed by atoms with E-state index < -0.39 is 6.09 Å². The highest BCUT2D eigenvalue weighted by atomic mass is 16.5. The second kappa shape index (κ2) is 7.96. The molecule has 1 aromatic heterocycles. The second-order valence-electron chi connectivity index (χ2n) is 6.62. The lowest BCUT2D eigenvalue weighted by atomic mass is 9.98. The van der Waals surface area contributed by atoms with Crippen LogP contribution in [0.25, 0.3) is 17.2 Å². The number of fused-ring (bicyclic) bond motifs is 3. The molecule has 2 aromatic carbocycles. The molecule has 5 heteroatoms. The lowest BCUT2D eigenvalue weighted by molar-refractivity contribution is 0.144. The first-order chi connectivity index (χ1) is 13.7. The lowest BCUT2D eigenvalue weighted by Crippen LogP contribution is -2.26. The van der Waals surface area contributed by atoms with Crippen molar-refractivity contribution in [2.24, 2.45) is 0 Å². The van der Waals surface area contributed by atoms with E-state index in [9.17, 15) is 4.79 Å². The number of nitrogens with one attached hydrogen (secondary N) is 1. The van der Waals surface area contributed by atoms with Crippen LogP contribution >= 0.6 is 0 Å². The Morgan fingerprint density at radius 1 is 1.07 bits per heavy atom. The average Bonchev–Trinajstić information content (AvgIpc) is 3.04. The van der Waals surface area contributed by atoms with E-state index in [4.69, 9.17) is 10.5 Å². The predicted octanol–water partition coefficient (Wildman–Crippen LogP) is 4.22. The highest BCUT2D eigenvalue weighted by Crippen LogP contribution is 2.44. The number of carbonyl (C=O) groups is 1. The number of ether oxygens (including phenoxy) is 1. The summed E-state index contributed by atoms with van der Waals surface area (Å²) in [6, 6.07) is 20.2. The van der Waals surface area contributed by atoms with E-state index in [0.29, 0.717) is 19.0 Å². The van der Waals surface area contributed by atoms with Crippen LogP contribution in [0.4, 0.5) is 10.6 Å². The van der Waals surface area contributed by atoms with Crippen molar-refractivity contribution in [3.05, 3.63) is 89.6 Å². The molecular weight excluding hydrogens is 350 g/mol. The Morgan fingerprint density at radius 3 is 2.43 bits per heavy atom. The minimum absolute atomic E-state index is 0.0634. The molecule has 5 nitrogen and oxygen atoms in total. The molecule has 0 saturated heterocycles. The van der Waals surface area contributed by atoms with Gasteiger partial charge in [0.15, 0.2) is 0 Å². The molecule has 3 N–H and O–H groups in total. The molecule has 1 aliphatic rings. The standard InChI is InChI=1S/C23H21N3O2/c24-22-14-16(11-13-25-22)6-5-12-26-23(27)28-15-21-19-9-3-1-7-17(19)18-8-2-4-10-20(18)21/h1-11,13-14,21H,12,15H2,(H2,24,25)(H,26,27). The minimum Gasteiger partial charge on any atom is -0.449 e. The Balaban J connectivity index is 1.34. The van der Waals surface area contributed by atoms with Crippen LogP contribution in [0.15, 0.2) is 72.9 Å². The maximum atomic E-state index is 12.1. The molecule has 0 bridgehead atoms. The summed E-state index contributed by atoms with van der Waals surface area (Å²) in [6.07, 6.45) is 4.94. The van der Waals surface area contributed by atoms with Gasteiger partial charge >= 0.3 is 6.09 Å². The molecule has 140 valence electrons. The van der Waals surface area contributed by atoms with Crippen LogP contribution in [0.1, 0.15) is 22.6 Å². The molecule has 0 unspecified atom stereocenters. The van der Waals surface area contributed by atoms with Gasteiger partial charge in [-0.3, -0.25) is 0 Å². The van der Waals surface area contributed by atoms with Gasteiger partial charge in [-0.2, -0.15) is 0 Å².